The Morgan fingerprint density at radius 3 is 2.62 bits per heavy atom. The second-order valence-corrected chi connectivity index (χ2v) is 10.8. The van der Waals surface area contributed by atoms with Crippen molar-refractivity contribution < 1.29 is 19.4 Å². The van der Waals surface area contributed by atoms with E-state index in [9.17, 15) is 14.7 Å². The Morgan fingerprint density at radius 2 is 1.94 bits per heavy atom. The molecule has 1 aromatic rings. The molecule has 2 aliphatic carbocycles. The van der Waals surface area contributed by atoms with Crippen molar-refractivity contribution in [3.05, 3.63) is 23.8 Å². The number of carbonyl (C=O) groups is 2. The van der Waals surface area contributed by atoms with E-state index in [1.807, 2.05) is 13.0 Å². The highest BCUT2D eigenvalue weighted by Crippen LogP contribution is 2.36. The molecular formula is C27H41N3O4. The Bertz CT molecular complexity index is 865. The average Bonchev–Trinajstić information content (AvgIpc) is 3.65. The zero-order valence-corrected chi connectivity index (χ0v) is 21.0. The largest absolute Gasteiger partial charge is 0.486 e. The molecule has 7 heteroatoms. The summed E-state index contributed by atoms with van der Waals surface area (Å²) in [5, 5.41) is 12.9. The number of nitrogens with one attached hydrogen (secondary N) is 1. The quantitative estimate of drug-likeness (QED) is 0.603. The van der Waals surface area contributed by atoms with E-state index in [0.717, 1.165) is 44.7 Å². The molecule has 3 atom stereocenters. The topological polar surface area (TPSA) is 82.1 Å². The number of ether oxygens (including phenoxy) is 1. The summed E-state index contributed by atoms with van der Waals surface area (Å²) in [5.74, 6) is 1.17. The van der Waals surface area contributed by atoms with Crippen LogP contribution in [0.15, 0.2) is 18.2 Å². The fraction of sp³-hybridized carbons (Fsp3) is 0.704. The van der Waals surface area contributed by atoms with Crippen LogP contribution in [0.4, 0.5) is 5.69 Å². The van der Waals surface area contributed by atoms with Crippen LogP contribution in [-0.4, -0.2) is 72.2 Å². The van der Waals surface area contributed by atoms with Crippen molar-refractivity contribution in [2.45, 2.75) is 70.9 Å². The second-order valence-electron chi connectivity index (χ2n) is 10.8. The number of benzene rings is 1. The molecule has 34 heavy (non-hydrogen) atoms. The van der Waals surface area contributed by atoms with Crippen LogP contribution in [0, 0.1) is 17.8 Å². The number of fused-ring (bicyclic) bond motifs is 1. The maximum atomic E-state index is 13.6. The van der Waals surface area contributed by atoms with Gasteiger partial charge in [-0.1, -0.05) is 32.3 Å². The third kappa shape index (κ3) is 5.92. The number of hydrogen-bond acceptors (Lipinski definition) is 5. The van der Waals surface area contributed by atoms with E-state index in [1.165, 1.54) is 19.3 Å². The van der Waals surface area contributed by atoms with E-state index in [1.54, 1.807) is 17.0 Å². The summed E-state index contributed by atoms with van der Waals surface area (Å²) in [5.41, 5.74) is 1.02. The number of amides is 2. The Kier molecular flexibility index (Phi) is 8.14. The van der Waals surface area contributed by atoms with Crippen molar-refractivity contribution >= 4 is 17.5 Å². The summed E-state index contributed by atoms with van der Waals surface area (Å²) >= 11 is 0. The number of carbonyl (C=O) groups excluding carboxylic acids is 2. The molecule has 0 bridgehead atoms. The lowest BCUT2D eigenvalue weighted by atomic mass is 9.88. The molecule has 1 aromatic carbocycles. The van der Waals surface area contributed by atoms with Gasteiger partial charge in [0.05, 0.1) is 23.9 Å². The predicted molar refractivity (Wildman–Crippen MR) is 133 cm³/mol. The molecule has 0 aromatic heterocycles. The number of aliphatic hydroxyl groups is 1. The van der Waals surface area contributed by atoms with Gasteiger partial charge in [0.2, 0.25) is 5.91 Å². The second kappa shape index (κ2) is 11.1. The Morgan fingerprint density at radius 1 is 1.21 bits per heavy atom. The van der Waals surface area contributed by atoms with Gasteiger partial charge in [-0.3, -0.25) is 9.59 Å². The SMILES string of the molecule is C[C@H]1CN([C@@H](C)CO)C(=O)c2cccc(NC(=O)C3CCCCC3)c2O[C@H]1CN(C)CC1CC1. The van der Waals surface area contributed by atoms with Gasteiger partial charge in [0, 0.05) is 31.5 Å². The van der Waals surface area contributed by atoms with E-state index >= 15 is 0 Å². The monoisotopic (exact) mass is 471 g/mol. The molecule has 0 radical (unpaired) electrons. The molecule has 0 spiro atoms. The van der Waals surface area contributed by atoms with Crippen molar-refractivity contribution in [1.82, 2.24) is 9.80 Å². The van der Waals surface area contributed by atoms with Crippen molar-refractivity contribution in [3.63, 3.8) is 0 Å². The number of anilines is 1. The number of hydrogen-bond donors (Lipinski definition) is 2. The fourth-order valence-electron chi connectivity index (χ4n) is 5.28. The Balaban J connectivity index is 1.64. The first-order chi connectivity index (χ1) is 16.4. The molecule has 2 saturated carbocycles. The molecule has 188 valence electrons. The van der Waals surface area contributed by atoms with Crippen LogP contribution in [0.1, 0.15) is 69.2 Å². The maximum absolute atomic E-state index is 13.6. The van der Waals surface area contributed by atoms with Gasteiger partial charge in [-0.25, -0.2) is 0 Å². The summed E-state index contributed by atoms with van der Waals surface area (Å²) < 4.78 is 6.61. The van der Waals surface area contributed by atoms with E-state index in [0.29, 0.717) is 23.5 Å². The van der Waals surface area contributed by atoms with Gasteiger partial charge in [-0.15, -0.1) is 0 Å². The van der Waals surface area contributed by atoms with Crippen molar-refractivity contribution in [1.29, 1.82) is 0 Å². The lowest BCUT2D eigenvalue weighted by Gasteiger charge is -2.38. The summed E-state index contributed by atoms with van der Waals surface area (Å²) in [4.78, 5) is 30.7. The zero-order chi connectivity index (χ0) is 24.2. The van der Waals surface area contributed by atoms with Gasteiger partial charge >= 0.3 is 0 Å². The minimum atomic E-state index is -0.300. The van der Waals surface area contributed by atoms with Crippen LogP contribution in [0.5, 0.6) is 5.75 Å². The number of rotatable bonds is 8. The molecular weight excluding hydrogens is 430 g/mol. The first kappa shape index (κ1) is 25.0. The molecule has 2 amide bonds. The fourth-order valence-corrected chi connectivity index (χ4v) is 5.28. The van der Waals surface area contributed by atoms with Crippen molar-refractivity contribution in [3.8, 4) is 5.75 Å². The van der Waals surface area contributed by atoms with Crippen LogP contribution in [0.2, 0.25) is 0 Å². The van der Waals surface area contributed by atoms with Crippen LogP contribution in [0.25, 0.3) is 0 Å². The van der Waals surface area contributed by atoms with E-state index < -0.39 is 0 Å². The minimum Gasteiger partial charge on any atom is -0.486 e. The third-order valence-electron chi connectivity index (χ3n) is 7.68. The van der Waals surface area contributed by atoms with Gasteiger partial charge in [0.25, 0.3) is 5.91 Å². The normalized spacial score (nSPS) is 24.7. The number of nitrogens with zero attached hydrogens (tertiary/aromatic N) is 2. The van der Waals surface area contributed by atoms with E-state index in [2.05, 4.69) is 24.2 Å². The highest BCUT2D eigenvalue weighted by atomic mass is 16.5. The summed E-state index contributed by atoms with van der Waals surface area (Å²) in [6.07, 6.45) is 7.62. The molecule has 3 aliphatic rings. The first-order valence-electron chi connectivity index (χ1n) is 13.1. The van der Waals surface area contributed by atoms with Gasteiger partial charge in [0.15, 0.2) is 5.75 Å². The molecule has 1 heterocycles. The summed E-state index contributed by atoms with van der Waals surface area (Å²) in [7, 11) is 2.13. The van der Waals surface area contributed by atoms with Crippen LogP contribution < -0.4 is 10.1 Å². The number of para-hydroxylation sites is 1. The van der Waals surface area contributed by atoms with Crippen molar-refractivity contribution in [2.24, 2.45) is 17.8 Å². The van der Waals surface area contributed by atoms with E-state index in [-0.39, 0.29) is 42.4 Å². The van der Waals surface area contributed by atoms with Gasteiger partial charge in [-0.05, 0) is 57.7 Å². The molecule has 2 fully saturated rings. The van der Waals surface area contributed by atoms with Crippen molar-refractivity contribution in [2.75, 3.05) is 38.6 Å². The average molecular weight is 472 g/mol. The molecule has 7 nitrogen and oxygen atoms in total. The lowest BCUT2D eigenvalue weighted by Crippen LogP contribution is -2.50. The molecule has 4 rings (SSSR count). The summed E-state index contributed by atoms with van der Waals surface area (Å²) in [6.45, 7) is 6.19. The van der Waals surface area contributed by atoms with Gasteiger partial charge in [0.1, 0.15) is 6.10 Å². The highest BCUT2D eigenvalue weighted by molar-refractivity contribution is 6.02. The Labute approximate surface area is 203 Å². The van der Waals surface area contributed by atoms with Crippen LogP contribution >= 0.6 is 0 Å². The van der Waals surface area contributed by atoms with Gasteiger partial charge < -0.3 is 25.0 Å². The molecule has 0 unspecified atom stereocenters. The smallest absolute Gasteiger partial charge is 0.258 e. The van der Waals surface area contributed by atoms with E-state index in [4.69, 9.17) is 4.74 Å². The van der Waals surface area contributed by atoms with Crippen LogP contribution in [0.3, 0.4) is 0 Å². The molecule has 1 aliphatic heterocycles. The lowest BCUT2D eigenvalue weighted by molar-refractivity contribution is -0.120. The minimum absolute atomic E-state index is 0.0131. The molecule has 0 saturated heterocycles. The highest BCUT2D eigenvalue weighted by Gasteiger charge is 2.35. The Hall–Kier alpha value is -2.12. The predicted octanol–water partition coefficient (Wildman–Crippen LogP) is 3.77. The third-order valence-corrected chi connectivity index (χ3v) is 7.68. The summed E-state index contributed by atoms with van der Waals surface area (Å²) in [6, 6.07) is 5.11. The first-order valence-corrected chi connectivity index (χ1v) is 13.1. The van der Waals surface area contributed by atoms with Gasteiger partial charge in [-0.2, -0.15) is 0 Å². The molecule has 2 N–H and O–H groups in total. The number of likely N-dealkylation sites (N-methyl/N-ethyl adjacent to an activating group) is 1. The zero-order valence-electron chi connectivity index (χ0n) is 21.0. The maximum Gasteiger partial charge on any atom is 0.258 e. The van der Waals surface area contributed by atoms with Crippen LogP contribution in [-0.2, 0) is 4.79 Å². The number of aliphatic hydroxyl groups excluding tert-OH is 1. The standard InChI is InChI=1S/C27H41N3O4/c1-18-14-30(19(2)17-31)27(33)22-10-7-11-23(28-26(32)21-8-5-4-6-9-21)25(22)34-24(18)16-29(3)15-20-12-13-20/h7,10-11,18-21,24,31H,4-6,8-9,12-17H2,1-3H3,(H,28,32)/t18-,19-,24-/m0/s1.